The highest BCUT2D eigenvalue weighted by Crippen LogP contribution is 2.26. The fraction of sp³-hybridized carbons (Fsp3) is 0.571. The van der Waals surface area contributed by atoms with Crippen molar-refractivity contribution in [3.05, 3.63) is 33.7 Å². The van der Waals surface area contributed by atoms with Gasteiger partial charge in [-0.1, -0.05) is 0 Å². The minimum Gasteiger partial charge on any atom is -0.338 e. The third-order valence-corrected chi connectivity index (χ3v) is 4.02. The average Bonchev–Trinajstić information content (AvgIpc) is 2.45. The predicted molar refractivity (Wildman–Crippen MR) is 81.6 cm³/mol. The van der Waals surface area contributed by atoms with Crippen LogP contribution in [0.3, 0.4) is 0 Å². The number of amides is 1. The first-order valence-corrected chi connectivity index (χ1v) is 7.05. The molecule has 1 saturated heterocycles. The van der Waals surface area contributed by atoms with E-state index in [1.54, 1.807) is 4.98 Å². The maximum absolute atomic E-state index is 12.5. The smallest absolute Gasteiger partial charge is 0.338 e. The molecule has 9 heteroatoms. The number of H-pyrrole nitrogens is 1. The Kier molecular flexibility index (Phi) is 6.24. The number of likely N-dealkylation sites (tertiary alicyclic amines) is 1. The zero-order valence-electron chi connectivity index (χ0n) is 12.5. The molecular weight excluding hydrogens is 335 g/mol. The molecular formula is C14H19ClF3N3O2. The average molecular weight is 354 g/mol. The van der Waals surface area contributed by atoms with Crippen LogP contribution in [0.25, 0.3) is 0 Å². The molecule has 5 nitrogen and oxygen atoms in total. The van der Waals surface area contributed by atoms with Gasteiger partial charge in [0.25, 0.3) is 11.5 Å². The summed E-state index contributed by atoms with van der Waals surface area (Å²) in [7, 11) is 0. The topological polar surface area (TPSA) is 79.2 Å². The summed E-state index contributed by atoms with van der Waals surface area (Å²) in [6.45, 7) is 2.81. The van der Waals surface area contributed by atoms with Gasteiger partial charge < -0.3 is 15.6 Å². The number of nitrogens with one attached hydrogen (secondary N) is 1. The number of alkyl halides is 3. The quantitative estimate of drug-likeness (QED) is 0.853. The van der Waals surface area contributed by atoms with Gasteiger partial charge >= 0.3 is 6.18 Å². The van der Waals surface area contributed by atoms with Crippen molar-refractivity contribution in [2.75, 3.05) is 13.1 Å². The molecule has 1 amide bonds. The van der Waals surface area contributed by atoms with Crippen molar-refractivity contribution < 1.29 is 18.0 Å². The van der Waals surface area contributed by atoms with Crippen LogP contribution < -0.4 is 11.3 Å². The first-order chi connectivity index (χ1) is 10.2. The Morgan fingerprint density at radius 2 is 1.91 bits per heavy atom. The van der Waals surface area contributed by atoms with Gasteiger partial charge in [0.15, 0.2) is 0 Å². The summed E-state index contributed by atoms with van der Waals surface area (Å²) in [6, 6.07) is 1.68. The summed E-state index contributed by atoms with van der Waals surface area (Å²) in [5.74, 6) is -0.229. The zero-order chi connectivity index (χ0) is 16.5. The van der Waals surface area contributed by atoms with Crippen LogP contribution in [0, 0.1) is 5.92 Å². The summed E-state index contributed by atoms with van der Waals surface area (Å²) in [6.07, 6.45) is -3.19. The third kappa shape index (κ3) is 4.48. The van der Waals surface area contributed by atoms with Gasteiger partial charge in [-0.3, -0.25) is 9.59 Å². The van der Waals surface area contributed by atoms with E-state index < -0.39 is 23.3 Å². The molecule has 0 bridgehead atoms. The first-order valence-electron chi connectivity index (χ1n) is 7.05. The fourth-order valence-corrected chi connectivity index (χ4v) is 2.61. The van der Waals surface area contributed by atoms with Crippen molar-refractivity contribution in [3.63, 3.8) is 0 Å². The van der Waals surface area contributed by atoms with Crippen LogP contribution in [0.4, 0.5) is 13.2 Å². The lowest BCUT2D eigenvalue weighted by Gasteiger charge is -2.33. The molecule has 23 heavy (non-hydrogen) atoms. The fourth-order valence-electron chi connectivity index (χ4n) is 2.61. The van der Waals surface area contributed by atoms with Gasteiger partial charge in [-0.15, -0.1) is 12.4 Å². The van der Waals surface area contributed by atoms with Crippen LogP contribution >= 0.6 is 12.4 Å². The molecule has 0 aliphatic carbocycles. The van der Waals surface area contributed by atoms with E-state index in [-0.39, 0.29) is 24.0 Å². The largest absolute Gasteiger partial charge is 0.431 e. The van der Waals surface area contributed by atoms with Crippen LogP contribution in [0.1, 0.15) is 35.8 Å². The van der Waals surface area contributed by atoms with Crippen LogP contribution in [-0.2, 0) is 6.18 Å². The second-order valence-corrected chi connectivity index (χ2v) is 5.60. The second kappa shape index (κ2) is 7.35. The van der Waals surface area contributed by atoms with Gasteiger partial charge in [0.2, 0.25) is 0 Å². The molecule has 3 N–H and O–H groups in total. The van der Waals surface area contributed by atoms with E-state index >= 15 is 0 Å². The highest BCUT2D eigenvalue weighted by molar-refractivity contribution is 5.93. The van der Waals surface area contributed by atoms with Crippen molar-refractivity contribution in [1.82, 2.24) is 9.88 Å². The Bertz CT molecular complexity index is 608. The number of rotatable bonds is 2. The highest BCUT2D eigenvalue weighted by atomic mass is 35.5. The van der Waals surface area contributed by atoms with Crippen LogP contribution in [0.5, 0.6) is 0 Å². The zero-order valence-corrected chi connectivity index (χ0v) is 13.3. The molecule has 1 aromatic heterocycles. The number of pyridine rings is 1. The number of aromatic amines is 1. The van der Waals surface area contributed by atoms with Crippen molar-refractivity contribution >= 4 is 18.3 Å². The number of carbonyl (C=O) groups is 1. The Labute approximate surface area is 137 Å². The lowest BCUT2D eigenvalue weighted by atomic mass is 9.91. The van der Waals surface area contributed by atoms with Crippen molar-refractivity contribution in [2.45, 2.75) is 32.0 Å². The van der Waals surface area contributed by atoms with Crippen molar-refractivity contribution in [3.8, 4) is 0 Å². The molecule has 1 fully saturated rings. The molecule has 1 atom stereocenters. The van der Waals surface area contributed by atoms with Crippen LogP contribution in [0.15, 0.2) is 16.9 Å². The van der Waals surface area contributed by atoms with Gasteiger partial charge in [0.1, 0.15) is 11.3 Å². The number of carbonyl (C=O) groups excluding carboxylic acids is 1. The maximum atomic E-state index is 12.5. The molecule has 0 saturated carbocycles. The lowest BCUT2D eigenvalue weighted by Crippen LogP contribution is -2.44. The molecule has 1 aliphatic heterocycles. The summed E-state index contributed by atoms with van der Waals surface area (Å²) in [5.41, 5.74) is 3.36. The normalized spacial score (nSPS) is 17.5. The van der Waals surface area contributed by atoms with E-state index in [2.05, 4.69) is 0 Å². The number of hydrogen-bond acceptors (Lipinski definition) is 3. The molecule has 2 heterocycles. The summed E-state index contributed by atoms with van der Waals surface area (Å²) in [4.78, 5) is 27.2. The van der Waals surface area contributed by atoms with E-state index in [0.29, 0.717) is 25.1 Å². The van der Waals surface area contributed by atoms with Gasteiger partial charge in [0, 0.05) is 19.1 Å². The van der Waals surface area contributed by atoms with Gasteiger partial charge in [-0.25, -0.2) is 0 Å². The number of halogens is 4. The second-order valence-electron chi connectivity index (χ2n) is 5.60. The van der Waals surface area contributed by atoms with Crippen LogP contribution in [-0.4, -0.2) is 34.9 Å². The molecule has 1 aromatic rings. The van der Waals surface area contributed by atoms with Crippen molar-refractivity contribution in [1.29, 1.82) is 0 Å². The Morgan fingerprint density at radius 3 is 2.35 bits per heavy atom. The van der Waals surface area contributed by atoms with Crippen LogP contribution in [0.2, 0.25) is 0 Å². The number of nitrogens with two attached hydrogens (primary N) is 1. The number of hydrogen-bond donors (Lipinski definition) is 2. The Balaban J connectivity index is 0.00000264. The SMILES string of the molecule is CC(N)C1CCN(C(=O)c2ccc(C(F)(F)F)[nH]c2=O)CC1.Cl. The highest BCUT2D eigenvalue weighted by Gasteiger charge is 2.33. The van der Waals surface area contributed by atoms with E-state index in [1.165, 1.54) is 4.90 Å². The van der Waals surface area contributed by atoms with Gasteiger partial charge in [-0.05, 0) is 37.8 Å². The summed E-state index contributed by atoms with van der Waals surface area (Å²) < 4.78 is 37.5. The molecule has 2 rings (SSSR count). The minimum absolute atomic E-state index is 0. The molecule has 1 aliphatic rings. The molecule has 0 spiro atoms. The molecule has 130 valence electrons. The number of piperidine rings is 1. The Hall–Kier alpha value is -1.54. The molecule has 0 aromatic carbocycles. The monoisotopic (exact) mass is 353 g/mol. The van der Waals surface area contributed by atoms with Crippen molar-refractivity contribution in [2.24, 2.45) is 11.7 Å². The van der Waals surface area contributed by atoms with Gasteiger partial charge in [-0.2, -0.15) is 13.2 Å². The van der Waals surface area contributed by atoms with E-state index in [1.807, 2.05) is 6.92 Å². The Morgan fingerprint density at radius 1 is 1.35 bits per heavy atom. The summed E-state index contributed by atoms with van der Waals surface area (Å²) >= 11 is 0. The predicted octanol–water partition coefficient (Wildman–Crippen LogP) is 2.01. The first kappa shape index (κ1) is 19.5. The molecule has 0 radical (unpaired) electrons. The lowest BCUT2D eigenvalue weighted by molar-refractivity contribution is -0.141. The number of aromatic nitrogens is 1. The maximum Gasteiger partial charge on any atom is 0.431 e. The van der Waals surface area contributed by atoms with Gasteiger partial charge in [0.05, 0.1) is 0 Å². The standard InChI is InChI=1S/C14H18F3N3O2.ClH/c1-8(18)9-4-6-20(7-5-9)13(22)10-2-3-11(14(15,16)17)19-12(10)21;/h2-3,8-9H,4-7,18H2,1H3,(H,19,21);1H. The number of nitrogens with zero attached hydrogens (tertiary/aromatic N) is 1. The summed E-state index contributed by atoms with van der Waals surface area (Å²) in [5, 5.41) is 0. The third-order valence-electron chi connectivity index (χ3n) is 4.02. The minimum atomic E-state index is -4.64. The van der Waals surface area contributed by atoms with E-state index in [0.717, 1.165) is 18.9 Å². The molecule has 1 unspecified atom stereocenters. The van der Waals surface area contributed by atoms with E-state index in [9.17, 15) is 22.8 Å². The van der Waals surface area contributed by atoms with E-state index in [4.69, 9.17) is 5.73 Å².